The summed E-state index contributed by atoms with van der Waals surface area (Å²) in [6.07, 6.45) is 2.41. The van der Waals surface area contributed by atoms with Crippen molar-refractivity contribution in [3.63, 3.8) is 0 Å². The molecule has 0 bridgehead atoms. The lowest BCUT2D eigenvalue weighted by atomic mass is 10.0. The van der Waals surface area contributed by atoms with Crippen molar-refractivity contribution in [3.8, 4) is 0 Å². The van der Waals surface area contributed by atoms with Gasteiger partial charge in [0.2, 0.25) is 0 Å². The van der Waals surface area contributed by atoms with Crippen molar-refractivity contribution in [2.24, 2.45) is 0 Å². The number of aliphatic carboxylic acids is 1. The molecule has 0 radical (unpaired) electrons. The molecule has 0 spiro atoms. The topological polar surface area (TPSA) is 93.8 Å². The van der Waals surface area contributed by atoms with Crippen LogP contribution in [0.2, 0.25) is 0 Å². The van der Waals surface area contributed by atoms with Crippen LogP contribution < -0.4 is 4.31 Å². The number of carbonyl (C=O) groups is 1. The van der Waals surface area contributed by atoms with E-state index in [9.17, 15) is 18.7 Å². The summed E-state index contributed by atoms with van der Waals surface area (Å²) >= 11 is -2.74. The standard InChI is InChI=1S/C24H23NO5S/c26-24(27)21(12-6-4-10-17-8-2-1-3-9-17)25(31(28)29)18-14-15-23-20(16-18)19-11-5-7-13-22(19)30-23/h1-3,5,7-9,11,13-16,21H,4,6,10,12H2,(H,26,27)(H,28,29)/p-1. The predicted molar refractivity (Wildman–Crippen MR) is 121 cm³/mol. The van der Waals surface area contributed by atoms with Crippen LogP contribution in [0.3, 0.4) is 0 Å². The highest BCUT2D eigenvalue weighted by Crippen LogP contribution is 2.33. The van der Waals surface area contributed by atoms with E-state index in [0.717, 1.165) is 27.9 Å². The third-order valence-corrected chi connectivity index (χ3v) is 6.17. The van der Waals surface area contributed by atoms with Gasteiger partial charge in [-0.2, -0.15) is 0 Å². The van der Waals surface area contributed by atoms with Gasteiger partial charge in [-0.05, 0) is 49.1 Å². The summed E-state index contributed by atoms with van der Waals surface area (Å²) in [4.78, 5) is 12.0. The number of hydrogen-bond donors (Lipinski definition) is 1. The highest BCUT2D eigenvalue weighted by Gasteiger charge is 2.27. The zero-order chi connectivity index (χ0) is 21.8. The second-order valence-electron chi connectivity index (χ2n) is 7.41. The van der Waals surface area contributed by atoms with E-state index in [1.165, 1.54) is 5.56 Å². The van der Waals surface area contributed by atoms with Crippen molar-refractivity contribution >= 4 is 44.9 Å². The molecule has 1 aromatic heterocycles. The average molecular weight is 437 g/mol. The van der Waals surface area contributed by atoms with E-state index in [-0.39, 0.29) is 6.42 Å². The van der Waals surface area contributed by atoms with E-state index < -0.39 is 23.3 Å². The first-order valence-electron chi connectivity index (χ1n) is 10.1. The molecular weight excluding hydrogens is 414 g/mol. The smallest absolute Gasteiger partial charge is 0.327 e. The fraction of sp³-hybridized carbons (Fsp3) is 0.208. The summed E-state index contributed by atoms with van der Waals surface area (Å²) in [5.74, 6) is -1.17. The lowest BCUT2D eigenvalue weighted by Gasteiger charge is -2.32. The SMILES string of the molecule is O=C(O)C(CCCCc1ccccc1)N(c1ccc2oc3ccccc3c2c1)S(=O)[O-]. The minimum absolute atomic E-state index is 0.223. The van der Waals surface area contributed by atoms with Crippen molar-refractivity contribution in [2.75, 3.05) is 4.31 Å². The van der Waals surface area contributed by atoms with E-state index >= 15 is 0 Å². The van der Waals surface area contributed by atoms with Gasteiger partial charge in [0.15, 0.2) is 0 Å². The Kier molecular flexibility index (Phi) is 6.34. The number of anilines is 1. The Bertz CT molecular complexity index is 1220. The van der Waals surface area contributed by atoms with E-state index in [1.807, 2.05) is 54.6 Å². The maximum Gasteiger partial charge on any atom is 0.327 e. The van der Waals surface area contributed by atoms with Crippen LogP contribution in [-0.4, -0.2) is 25.9 Å². The maximum absolute atomic E-state index is 12.1. The number of para-hydroxylation sites is 1. The van der Waals surface area contributed by atoms with Gasteiger partial charge >= 0.3 is 5.97 Å². The van der Waals surface area contributed by atoms with Crippen molar-refractivity contribution in [1.82, 2.24) is 0 Å². The van der Waals surface area contributed by atoms with E-state index in [2.05, 4.69) is 0 Å². The van der Waals surface area contributed by atoms with Crippen LogP contribution in [-0.2, 0) is 22.5 Å². The Morgan fingerprint density at radius 3 is 2.42 bits per heavy atom. The zero-order valence-corrected chi connectivity index (χ0v) is 17.6. The lowest BCUT2D eigenvalue weighted by molar-refractivity contribution is -0.138. The molecule has 7 heteroatoms. The highest BCUT2D eigenvalue weighted by atomic mass is 32.2. The fourth-order valence-corrected chi connectivity index (χ4v) is 4.56. The fourth-order valence-electron chi connectivity index (χ4n) is 3.87. The number of aryl methyl sites for hydroxylation is 1. The first kappa shape index (κ1) is 21.1. The molecule has 4 rings (SSSR count). The van der Waals surface area contributed by atoms with Gasteiger partial charge < -0.3 is 14.1 Å². The predicted octanol–water partition coefficient (Wildman–Crippen LogP) is 5.05. The van der Waals surface area contributed by atoms with Crippen LogP contribution in [0.25, 0.3) is 21.9 Å². The van der Waals surface area contributed by atoms with Crippen LogP contribution >= 0.6 is 0 Å². The van der Waals surface area contributed by atoms with Crippen LogP contribution in [0.4, 0.5) is 5.69 Å². The van der Waals surface area contributed by atoms with Gasteiger partial charge in [0, 0.05) is 22.0 Å². The Morgan fingerprint density at radius 2 is 1.68 bits per heavy atom. The summed E-state index contributed by atoms with van der Waals surface area (Å²) in [6.45, 7) is 0. The monoisotopic (exact) mass is 436 g/mol. The summed E-state index contributed by atoms with van der Waals surface area (Å²) in [5.41, 5.74) is 2.80. The molecule has 4 aromatic rings. The van der Waals surface area contributed by atoms with Crippen molar-refractivity contribution < 1.29 is 23.1 Å². The molecule has 0 aliphatic rings. The van der Waals surface area contributed by atoms with Crippen LogP contribution in [0.5, 0.6) is 0 Å². The molecule has 2 unspecified atom stereocenters. The van der Waals surface area contributed by atoms with Gasteiger partial charge in [-0.1, -0.05) is 55.0 Å². The van der Waals surface area contributed by atoms with Gasteiger partial charge in [-0.25, -0.2) is 4.79 Å². The molecule has 6 nitrogen and oxygen atoms in total. The number of fused-ring (bicyclic) bond motifs is 3. The summed E-state index contributed by atoms with van der Waals surface area (Å²) in [5, 5.41) is 11.4. The number of nitrogens with zero attached hydrogens (tertiary/aromatic N) is 1. The van der Waals surface area contributed by atoms with Crippen LogP contribution in [0.15, 0.2) is 77.2 Å². The Morgan fingerprint density at radius 1 is 0.968 bits per heavy atom. The number of carboxylic acid groups (broad SMARTS) is 1. The third kappa shape index (κ3) is 4.62. The largest absolute Gasteiger partial charge is 0.755 e. The highest BCUT2D eigenvalue weighted by molar-refractivity contribution is 7.80. The molecule has 0 aliphatic carbocycles. The van der Waals surface area contributed by atoms with Crippen LogP contribution in [0.1, 0.15) is 24.8 Å². The lowest BCUT2D eigenvalue weighted by Crippen LogP contribution is -2.42. The van der Waals surface area contributed by atoms with Crippen molar-refractivity contribution in [2.45, 2.75) is 31.7 Å². The second kappa shape index (κ2) is 9.32. The van der Waals surface area contributed by atoms with Gasteiger partial charge in [0.1, 0.15) is 17.2 Å². The number of benzene rings is 3. The van der Waals surface area contributed by atoms with Gasteiger partial charge in [0.25, 0.3) is 0 Å². The number of carboxylic acids is 1. The Labute approximate surface area is 182 Å². The van der Waals surface area contributed by atoms with E-state index in [4.69, 9.17) is 4.42 Å². The molecule has 1 N–H and O–H groups in total. The van der Waals surface area contributed by atoms with E-state index in [0.29, 0.717) is 23.3 Å². The summed E-state index contributed by atoms with van der Waals surface area (Å²) < 4.78 is 30.9. The molecule has 2 atom stereocenters. The minimum atomic E-state index is -2.74. The molecular formula is C24H22NO5S-. The normalized spacial score (nSPS) is 13.3. The Balaban J connectivity index is 1.57. The van der Waals surface area contributed by atoms with Gasteiger partial charge in [-0.3, -0.25) is 8.51 Å². The molecule has 3 aromatic carbocycles. The molecule has 160 valence electrons. The van der Waals surface area contributed by atoms with Gasteiger partial charge in [-0.15, -0.1) is 0 Å². The van der Waals surface area contributed by atoms with Crippen molar-refractivity contribution in [1.29, 1.82) is 0 Å². The third-order valence-electron chi connectivity index (χ3n) is 5.38. The first-order valence-corrected chi connectivity index (χ1v) is 11.1. The van der Waals surface area contributed by atoms with Crippen molar-refractivity contribution in [3.05, 3.63) is 78.4 Å². The molecule has 31 heavy (non-hydrogen) atoms. The molecule has 0 fully saturated rings. The molecule has 0 aliphatic heterocycles. The molecule has 0 saturated heterocycles. The summed E-state index contributed by atoms with van der Waals surface area (Å²) in [6, 6.07) is 21.2. The minimum Gasteiger partial charge on any atom is -0.755 e. The summed E-state index contributed by atoms with van der Waals surface area (Å²) in [7, 11) is 0. The average Bonchev–Trinajstić information content (AvgIpc) is 3.14. The number of unbranched alkanes of at least 4 members (excludes halogenated alkanes) is 1. The maximum atomic E-state index is 12.1. The van der Waals surface area contributed by atoms with Crippen LogP contribution in [0, 0.1) is 0 Å². The zero-order valence-electron chi connectivity index (χ0n) is 16.8. The molecule has 0 saturated carbocycles. The first-order chi connectivity index (χ1) is 15.0. The quantitative estimate of drug-likeness (QED) is 0.293. The number of hydrogen-bond acceptors (Lipinski definition) is 4. The number of rotatable bonds is 9. The Hall–Kier alpha value is -3.16. The van der Waals surface area contributed by atoms with E-state index in [1.54, 1.807) is 18.2 Å². The number of furan rings is 1. The molecule has 1 heterocycles. The molecule has 0 amide bonds. The second-order valence-corrected chi connectivity index (χ2v) is 8.23. The van der Waals surface area contributed by atoms with Gasteiger partial charge in [0.05, 0.1) is 5.69 Å².